The Hall–Kier alpha value is -2.99. The van der Waals surface area contributed by atoms with Gasteiger partial charge in [-0.1, -0.05) is 24.3 Å². The summed E-state index contributed by atoms with van der Waals surface area (Å²) in [5.74, 6) is -2.18. The van der Waals surface area contributed by atoms with Gasteiger partial charge in [-0.3, -0.25) is 4.79 Å². The second-order valence-corrected chi connectivity index (χ2v) is 10.3. The molecule has 0 aromatic heterocycles. The number of carbonyl (C=O) groups excluding carboxylic acids is 2. The van der Waals surface area contributed by atoms with Crippen molar-refractivity contribution >= 4 is 27.9 Å². The number of fused-ring (bicyclic) bond motifs is 1. The zero-order valence-corrected chi connectivity index (χ0v) is 21.1. The monoisotopic (exact) mass is 523 g/mol. The Morgan fingerprint density at radius 3 is 2.61 bits per heavy atom. The molecule has 2 rings (SSSR count). The summed E-state index contributed by atoms with van der Waals surface area (Å²) in [5.41, 5.74) is 0.134. The molecule has 0 bridgehead atoms. The quantitative estimate of drug-likeness (QED) is 0.226. The van der Waals surface area contributed by atoms with E-state index >= 15 is 0 Å². The summed E-state index contributed by atoms with van der Waals surface area (Å²) in [6, 6.07) is 2.79. The van der Waals surface area contributed by atoms with Crippen LogP contribution >= 0.6 is 0 Å². The van der Waals surface area contributed by atoms with Crippen molar-refractivity contribution in [2.24, 2.45) is 5.92 Å². The fourth-order valence-electron chi connectivity index (χ4n) is 3.42. The number of carbonyl (C=O) groups is 2. The fraction of sp³-hybridized carbons (Fsp3) is 0.440. The molecule has 0 spiro atoms. The Morgan fingerprint density at radius 2 is 1.94 bits per heavy atom. The number of benzene rings is 1. The number of aromatic hydroxyl groups is 1. The maximum absolute atomic E-state index is 12.9. The first-order valence-corrected chi connectivity index (χ1v) is 13.3. The molecular formula is C25H33NO9S. The number of aliphatic hydroxyl groups is 2. The van der Waals surface area contributed by atoms with E-state index in [0.717, 1.165) is 12.3 Å². The van der Waals surface area contributed by atoms with Gasteiger partial charge in [0.2, 0.25) is 10.0 Å². The smallest absolute Gasteiger partial charge is 0.342 e. The largest absolute Gasteiger partial charge is 0.507 e. The number of aliphatic hydroxyl groups excluding tert-OH is 2. The van der Waals surface area contributed by atoms with Crippen LogP contribution in [0, 0.1) is 5.92 Å². The summed E-state index contributed by atoms with van der Waals surface area (Å²) in [7, 11) is -3.26. The van der Waals surface area contributed by atoms with Gasteiger partial charge in [-0.15, -0.1) is 6.58 Å². The highest BCUT2D eigenvalue weighted by atomic mass is 32.2. The molecule has 0 amide bonds. The first-order valence-electron chi connectivity index (χ1n) is 11.5. The van der Waals surface area contributed by atoms with E-state index in [1.54, 1.807) is 6.92 Å². The summed E-state index contributed by atoms with van der Waals surface area (Å²) in [5, 5.41) is 30.9. The molecule has 1 aromatic rings. The van der Waals surface area contributed by atoms with Crippen molar-refractivity contribution < 1.29 is 42.8 Å². The first kappa shape index (κ1) is 29.2. The maximum Gasteiger partial charge on any atom is 0.342 e. The molecule has 4 atom stereocenters. The summed E-state index contributed by atoms with van der Waals surface area (Å²) in [6.07, 6.45) is 5.19. The Kier molecular flexibility index (Phi) is 10.8. The highest BCUT2D eigenvalue weighted by molar-refractivity contribution is 7.88. The van der Waals surface area contributed by atoms with Crippen LogP contribution in [0.5, 0.6) is 11.5 Å². The molecule has 11 heteroatoms. The van der Waals surface area contributed by atoms with Gasteiger partial charge >= 0.3 is 5.97 Å². The molecule has 0 radical (unpaired) electrons. The van der Waals surface area contributed by atoms with Crippen LogP contribution in [0.4, 0.5) is 0 Å². The Bertz CT molecular complexity index is 1110. The number of phenolic OH excluding ortho intramolecular Hbond substituents is 1. The van der Waals surface area contributed by atoms with Crippen LogP contribution in [0.25, 0.3) is 6.08 Å². The highest BCUT2D eigenvalue weighted by Gasteiger charge is 2.25. The number of rotatable bonds is 8. The van der Waals surface area contributed by atoms with Gasteiger partial charge in [0.15, 0.2) is 5.78 Å². The van der Waals surface area contributed by atoms with Gasteiger partial charge in [-0.05, 0) is 43.9 Å². The van der Waals surface area contributed by atoms with E-state index in [1.807, 2.05) is 0 Å². The average Bonchev–Trinajstić information content (AvgIpc) is 2.79. The number of ketones is 1. The van der Waals surface area contributed by atoms with Crippen LogP contribution in [-0.4, -0.2) is 73.2 Å². The van der Waals surface area contributed by atoms with Crippen LogP contribution < -0.4 is 9.46 Å². The molecule has 0 unspecified atom stereocenters. The molecule has 198 valence electrons. The number of ether oxygens (including phenoxy) is 2. The maximum atomic E-state index is 12.9. The molecule has 1 aliphatic heterocycles. The van der Waals surface area contributed by atoms with Gasteiger partial charge in [0, 0.05) is 18.5 Å². The van der Waals surface area contributed by atoms with Gasteiger partial charge in [0.25, 0.3) is 0 Å². The minimum Gasteiger partial charge on any atom is -0.507 e. The van der Waals surface area contributed by atoms with E-state index < -0.39 is 46.0 Å². The molecular weight excluding hydrogens is 490 g/mol. The minimum atomic E-state index is -3.26. The van der Waals surface area contributed by atoms with Crippen molar-refractivity contribution in [1.82, 2.24) is 4.72 Å². The van der Waals surface area contributed by atoms with Gasteiger partial charge in [0.05, 0.1) is 19.0 Å². The van der Waals surface area contributed by atoms with Crippen molar-refractivity contribution in [3.63, 3.8) is 0 Å². The number of hydrogen-bond donors (Lipinski definition) is 4. The third kappa shape index (κ3) is 8.90. The highest BCUT2D eigenvalue weighted by Crippen LogP contribution is 2.31. The lowest BCUT2D eigenvalue weighted by atomic mass is 9.98. The Labute approximate surface area is 211 Å². The van der Waals surface area contributed by atoms with E-state index in [1.165, 1.54) is 36.4 Å². The lowest BCUT2D eigenvalue weighted by Gasteiger charge is -2.21. The zero-order chi connectivity index (χ0) is 26.9. The van der Waals surface area contributed by atoms with Crippen LogP contribution in [0.2, 0.25) is 0 Å². The van der Waals surface area contributed by atoms with Crippen molar-refractivity contribution in [2.75, 3.05) is 19.4 Å². The predicted molar refractivity (Wildman–Crippen MR) is 134 cm³/mol. The fourth-order valence-corrected chi connectivity index (χ4v) is 3.94. The summed E-state index contributed by atoms with van der Waals surface area (Å²) >= 11 is 0. The molecule has 1 heterocycles. The lowest BCUT2D eigenvalue weighted by molar-refractivity contribution is -0.127. The Morgan fingerprint density at radius 1 is 1.22 bits per heavy atom. The van der Waals surface area contributed by atoms with Gasteiger partial charge in [0.1, 0.15) is 29.3 Å². The van der Waals surface area contributed by atoms with Crippen LogP contribution in [0.3, 0.4) is 0 Å². The van der Waals surface area contributed by atoms with Gasteiger partial charge in [-0.2, -0.15) is 0 Å². The first-order chi connectivity index (χ1) is 16.9. The minimum absolute atomic E-state index is 0.101. The van der Waals surface area contributed by atoms with E-state index in [4.69, 9.17) is 9.47 Å². The summed E-state index contributed by atoms with van der Waals surface area (Å²) in [6.45, 7) is 5.77. The molecule has 0 saturated heterocycles. The number of hydrogen-bond acceptors (Lipinski definition) is 9. The lowest BCUT2D eigenvalue weighted by Crippen LogP contribution is -2.32. The molecule has 1 aliphatic rings. The molecule has 10 nitrogen and oxygen atoms in total. The standard InChI is InChI=1S/C25H33NO9S/c1-4-17-10-11-21(28)24(30)20(27)9-7-8-18-14-19(34-13-6-5-12-26-36(3,32)33)15-22(29)23(18)25(31)35-16(17)2/h4,7-8,10-11,14-17,20,24,26-27,29-30H,1,5-6,9,12-13H2,2-3H3/b8-7+,11-10-/t16-,17+,20-,24-/m0/s1. The van der Waals surface area contributed by atoms with E-state index in [9.17, 15) is 33.3 Å². The van der Waals surface area contributed by atoms with Crippen molar-refractivity contribution in [1.29, 1.82) is 0 Å². The zero-order valence-electron chi connectivity index (χ0n) is 20.3. The molecule has 0 aliphatic carbocycles. The van der Waals surface area contributed by atoms with E-state index in [-0.39, 0.29) is 42.2 Å². The number of unbranched alkanes of at least 4 members (excludes halogenated alkanes) is 1. The number of cyclic esters (lactones) is 1. The molecule has 0 fully saturated rings. The van der Waals surface area contributed by atoms with Gasteiger partial charge < -0.3 is 24.8 Å². The number of esters is 1. The van der Waals surface area contributed by atoms with E-state index in [0.29, 0.717) is 12.8 Å². The average molecular weight is 524 g/mol. The van der Waals surface area contributed by atoms with E-state index in [2.05, 4.69) is 11.3 Å². The second kappa shape index (κ2) is 13.4. The van der Waals surface area contributed by atoms with Crippen LogP contribution in [-0.2, 0) is 19.6 Å². The van der Waals surface area contributed by atoms with Crippen LogP contribution in [0.15, 0.2) is 43.0 Å². The normalized spacial score (nSPS) is 25.2. The number of phenols is 1. The topological polar surface area (TPSA) is 159 Å². The third-order valence-electron chi connectivity index (χ3n) is 5.45. The number of nitrogens with one attached hydrogen (secondary N) is 1. The third-order valence-corrected chi connectivity index (χ3v) is 6.18. The summed E-state index contributed by atoms with van der Waals surface area (Å²) < 4.78 is 35.8. The molecule has 36 heavy (non-hydrogen) atoms. The number of sulfonamides is 1. The van der Waals surface area contributed by atoms with Crippen molar-refractivity contribution in [3.8, 4) is 11.5 Å². The predicted octanol–water partition coefficient (Wildman–Crippen LogP) is 1.71. The SMILES string of the molecule is C=C[C@@H]1/C=C\C(=O)[C@@H](O)[C@@H](O)C/C=C/c2cc(OCCCCNS(C)(=O)=O)cc(O)c2C(=O)O[C@H]1C. The second-order valence-electron chi connectivity index (χ2n) is 8.46. The van der Waals surface area contributed by atoms with Gasteiger partial charge in [-0.25, -0.2) is 17.9 Å². The van der Waals surface area contributed by atoms with Crippen molar-refractivity contribution in [2.45, 2.75) is 44.5 Å². The van der Waals surface area contributed by atoms with Crippen LogP contribution in [0.1, 0.15) is 42.1 Å². The molecule has 4 N–H and O–H groups in total. The molecule has 0 saturated carbocycles. The Balaban J connectivity index is 2.28. The van der Waals surface area contributed by atoms with Crippen molar-refractivity contribution in [3.05, 3.63) is 54.1 Å². The molecule has 1 aromatic carbocycles. The summed E-state index contributed by atoms with van der Waals surface area (Å²) in [4.78, 5) is 25.1.